The molecule has 0 bridgehead atoms. The number of hydrogen-bond acceptors (Lipinski definition) is 5. The Hall–Kier alpha value is -2.54. The molecule has 1 aromatic heterocycles. The van der Waals surface area contributed by atoms with E-state index in [0.29, 0.717) is 6.54 Å². The molecule has 1 aromatic carbocycles. The molecule has 7 nitrogen and oxygen atoms in total. The quantitative estimate of drug-likeness (QED) is 0.773. The normalized spacial score (nSPS) is 12.3. The summed E-state index contributed by atoms with van der Waals surface area (Å²) < 4.78 is 1.56. The monoisotopic (exact) mass is 287 g/mol. The standard InChI is InChI=1S/C14H17N5O2/c1-3-7-18(9-14(20)21)11(2)12-5-4-6-13(8-12)19-10-15-16-17-19/h3-6,8,10-11H,1,7,9H2,2H3,(H,20,21). The first-order valence-electron chi connectivity index (χ1n) is 6.52. The van der Waals surface area contributed by atoms with Crippen LogP contribution in [-0.4, -0.2) is 49.3 Å². The maximum atomic E-state index is 11.0. The van der Waals surface area contributed by atoms with Gasteiger partial charge in [-0.15, -0.1) is 11.7 Å². The number of nitrogens with zero attached hydrogens (tertiary/aromatic N) is 5. The van der Waals surface area contributed by atoms with E-state index in [0.717, 1.165) is 11.3 Å². The van der Waals surface area contributed by atoms with Crippen LogP contribution in [0.15, 0.2) is 43.2 Å². The van der Waals surface area contributed by atoms with E-state index in [9.17, 15) is 4.79 Å². The van der Waals surface area contributed by atoms with Crippen LogP contribution in [-0.2, 0) is 4.79 Å². The highest BCUT2D eigenvalue weighted by Gasteiger charge is 2.17. The zero-order valence-electron chi connectivity index (χ0n) is 11.8. The van der Waals surface area contributed by atoms with Crippen molar-refractivity contribution in [2.24, 2.45) is 0 Å². The minimum atomic E-state index is -0.861. The van der Waals surface area contributed by atoms with E-state index < -0.39 is 5.97 Å². The largest absolute Gasteiger partial charge is 0.480 e. The first-order chi connectivity index (χ1) is 10.1. The summed E-state index contributed by atoms with van der Waals surface area (Å²) in [4.78, 5) is 12.8. The summed E-state index contributed by atoms with van der Waals surface area (Å²) in [5, 5.41) is 20.1. The molecule has 2 aromatic rings. The van der Waals surface area contributed by atoms with Crippen LogP contribution < -0.4 is 0 Å². The Bertz CT molecular complexity index is 612. The van der Waals surface area contributed by atoms with Crippen LogP contribution in [0.5, 0.6) is 0 Å². The average Bonchev–Trinajstić information content (AvgIpc) is 3.00. The summed E-state index contributed by atoms with van der Waals surface area (Å²) in [6.07, 6.45) is 3.22. The lowest BCUT2D eigenvalue weighted by atomic mass is 10.1. The van der Waals surface area contributed by atoms with Gasteiger partial charge in [-0.2, -0.15) is 0 Å². The van der Waals surface area contributed by atoms with Crippen LogP contribution >= 0.6 is 0 Å². The molecule has 0 aliphatic heterocycles. The van der Waals surface area contributed by atoms with E-state index in [2.05, 4.69) is 22.1 Å². The highest BCUT2D eigenvalue weighted by molar-refractivity contribution is 5.69. The number of carbonyl (C=O) groups is 1. The van der Waals surface area contributed by atoms with E-state index in [1.54, 1.807) is 10.8 Å². The molecular formula is C14H17N5O2. The van der Waals surface area contributed by atoms with Crippen molar-refractivity contribution in [3.8, 4) is 5.69 Å². The molecule has 1 atom stereocenters. The van der Waals surface area contributed by atoms with Gasteiger partial charge in [-0.1, -0.05) is 18.2 Å². The average molecular weight is 287 g/mol. The SMILES string of the molecule is C=CCN(CC(=O)O)C(C)c1cccc(-n2cnnn2)c1. The molecule has 0 saturated carbocycles. The molecule has 0 fully saturated rings. The lowest BCUT2D eigenvalue weighted by molar-refractivity contribution is -0.138. The first-order valence-corrected chi connectivity index (χ1v) is 6.52. The fraction of sp³-hybridized carbons (Fsp3) is 0.286. The van der Waals surface area contributed by atoms with Gasteiger partial charge in [0, 0.05) is 12.6 Å². The lowest BCUT2D eigenvalue weighted by Crippen LogP contribution is -2.32. The maximum Gasteiger partial charge on any atom is 0.317 e. The van der Waals surface area contributed by atoms with Crippen molar-refractivity contribution in [3.63, 3.8) is 0 Å². The van der Waals surface area contributed by atoms with Gasteiger partial charge >= 0.3 is 5.97 Å². The van der Waals surface area contributed by atoms with Gasteiger partial charge in [0.25, 0.3) is 0 Å². The van der Waals surface area contributed by atoms with Gasteiger partial charge < -0.3 is 5.11 Å². The second kappa shape index (κ2) is 6.76. The molecule has 0 saturated heterocycles. The van der Waals surface area contributed by atoms with Crippen molar-refractivity contribution in [1.82, 2.24) is 25.1 Å². The van der Waals surface area contributed by atoms with Crippen LogP contribution in [0.3, 0.4) is 0 Å². The van der Waals surface area contributed by atoms with Gasteiger partial charge in [-0.3, -0.25) is 9.69 Å². The first kappa shape index (κ1) is 14.9. The summed E-state index contributed by atoms with van der Waals surface area (Å²) in [6.45, 7) is 6.10. The van der Waals surface area contributed by atoms with Crippen molar-refractivity contribution in [2.45, 2.75) is 13.0 Å². The molecule has 0 aliphatic rings. The van der Waals surface area contributed by atoms with Gasteiger partial charge in [-0.25, -0.2) is 4.68 Å². The molecule has 7 heteroatoms. The predicted molar refractivity (Wildman–Crippen MR) is 77.0 cm³/mol. The Morgan fingerprint density at radius 1 is 1.57 bits per heavy atom. The molecule has 0 radical (unpaired) electrons. The van der Waals surface area contributed by atoms with Crippen LogP contribution in [0.2, 0.25) is 0 Å². The molecule has 0 aliphatic carbocycles. The number of aromatic nitrogens is 4. The fourth-order valence-corrected chi connectivity index (χ4v) is 2.12. The highest BCUT2D eigenvalue weighted by Crippen LogP contribution is 2.22. The summed E-state index contributed by atoms with van der Waals surface area (Å²) in [5.74, 6) is -0.861. The maximum absolute atomic E-state index is 11.0. The smallest absolute Gasteiger partial charge is 0.317 e. The minimum Gasteiger partial charge on any atom is -0.480 e. The van der Waals surface area contributed by atoms with Gasteiger partial charge in [0.05, 0.1) is 12.2 Å². The molecule has 110 valence electrons. The van der Waals surface area contributed by atoms with E-state index in [-0.39, 0.29) is 12.6 Å². The van der Waals surface area contributed by atoms with Gasteiger partial charge in [-0.05, 0) is 35.0 Å². The van der Waals surface area contributed by atoms with Crippen molar-refractivity contribution < 1.29 is 9.90 Å². The van der Waals surface area contributed by atoms with E-state index in [1.165, 1.54) is 6.33 Å². The molecule has 21 heavy (non-hydrogen) atoms. The second-order valence-corrected chi connectivity index (χ2v) is 4.64. The Labute approximate surface area is 122 Å². The summed E-state index contributed by atoms with van der Waals surface area (Å²) in [7, 11) is 0. The van der Waals surface area contributed by atoms with Crippen molar-refractivity contribution >= 4 is 5.97 Å². The van der Waals surface area contributed by atoms with Crippen molar-refractivity contribution in [3.05, 3.63) is 48.8 Å². The van der Waals surface area contributed by atoms with Crippen molar-refractivity contribution in [1.29, 1.82) is 0 Å². The Morgan fingerprint density at radius 3 is 3.00 bits per heavy atom. The summed E-state index contributed by atoms with van der Waals surface area (Å²) in [6, 6.07) is 7.63. The molecule has 0 amide bonds. The predicted octanol–water partition coefficient (Wildman–Crippen LogP) is 1.30. The Morgan fingerprint density at radius 2 is 2.38 bits per heavy atom. The molecule has 2 rings (SSSR count). The number of benzene rings is 1. The van der Waals surface area contributed by atoms with Crippen LogP contribution in [0.25, 0.3) is 5.69 Å². The number of aliphatic carboxylic acids is 1. The Balaban J connectivity index is 2.25. The van der Waals surface area contributed by atoms with E-state index in [1.807, 2.05) is 36.1 Å². The third-order valence-electron chi connectivity index (χ3n) is 3.22. The Kier molecular flexibility index (Phi) is 4.78. The number of carboxylic acid groups (broad SMARTS) is 1. The van der Waals surface area contributed by atoms with Gasteiger partial charge in [0.2, 0.25) is 0 Å². The highest BCUT2D eigenvalue weighted by atomic mass is 16.4. The number of rotatable bonds is 7. The molecule has 1 heterocycles. The second-order valence-electron chi connectivity index (χ2n) is 4.64. The van der Waals surface area contributed by atoms with Gasteiger partial charge in [0.1, 0.15) is 6.33 Å². The van der Waals surface area contributed by atoms with Crippen LogP contribution in [0.1, 0.15) is 18.5 Å². The van der Waals surface area contributed by atoms with E-state index >= 15 is 0 Å². The van der Waals surface area contributed by atoms with Crippen LogP contribution in [0.4, 0.5) is 0 Å². The van der Waals surface area contributed by atoms with Crippen LogP contribution in [0, 0.1) is 0 Å². The van der Waals surface area contributed by atoms with Crippen molar-refractivity contribution in [2.75, 3.05) is 13.1 Å². The summed E-state index contributed by atoms with van der Waals surface area (Å²) in [5.41, 5.74) is 1.82. The topological polar surface area (TPSA) is 84.1 Å². The zero-order valence-corrected chi connectivity index (χ0v) is 11.8. The molecule has 1 N–H and O–H groups in total. The number of carboxylic acids is 1. The third kappa shape index (κ3) is 3.73. The summed E-state index contributed by atoms with van der Waals surface area (Å²) >= 11 is 0. The lowest BCUT2D eigenvalue weighted by Gasteiger charge is -2.26. The van der Waals surface area contributed by atoms with Gasteiger partial charge in [0.15, 0.2) is 0 Å². The molecular weight excluding hydrogens is 270 g/mol. The fourth-order valence-electron chi connectivity index (χ4n) is 2.12. The molecule has 1 unspecified atom stereocenters. The number of hydrogen-bond donors (Lipinski definition) is 1. The third-order valence-corrected chi connectivity index (χ3v) is 3.22. The van der Waals surface area contributed by atoms with E-state index in [4.69, 9.17) is 5.11 Å². The number of tetrazole rings is 1. The minimum absolute atomic E-state index is 0.0394. The molecule has 0 spiro atoms. The zero-order chi connectivity index (χ0) is 15.2.